The number of aromatic nitrogens is 3. The SMILES string of the molecule is C[n+]1cc2cc(OC[C@H](O/N=C(\C(=O)N[C@@H]3C(=O)N(OS(=O)(=O)O)C3(C)C)c3csc(N)n3)C(=O)O)ccc2n1CC1CNC1. The highest BCUT2D eigenvalue weighted by atomic mass is 32.3. The van der Waals surface area contributed by atoms with Crippen LogP contribution in [0.15, 0.2) is 34.9 Å². The van der Waals surface area contributed by atoms with Crippen molar-refractivity contribution >= 4 is 61.3 Å². The van der Waals surface area contributed by atoms with E-state index in [9.17, 15) is 27.9 Å². The lowest BCUT2D eigenvalue weighted by molar-refractivity contribution is -0.751. The van der Waals surface area contributed by atoms with Gasteiger partial charge < -0.3 is 31.0 Å². The lowest BCUT2D eigenvalue weighted by Crippen LogP contribution is -2.76. The van der Waals surface area contributed by atoms with Crippen LogP contribution in [0.4, 0.5) is 5.13 Å². The third-order valence-corrected chi connectivity index (χ3v) is 8.34. The molecule has 2 amide bonds. The van der Waals surface area contributed by atoms with Gasteiger partial charge in [0.05, 0.1) is 17.5 Å². The summed E-state index contributed by atoms with van der Waals surface area (Å²) in [6.45, 7) is 5.03. The largest absolute Gasteiger partial charge is 0.489 e. The van der Waals surface area contributed by atoms with Gasteiger partial charge in [0.1, 0.15) is 29.6 Å². The Morgan fingerprint density at radius 2 is 2.09 bits per heavy atom. The number of nitrogens with zero attached hydrogens (tertiary/aromatic N) is 5. The molecular formula is C25H31N8O10S2+. The van der Waals surface area contributed by atoms with Gasteiger partial charge in [0.15, 0.2) is 17.9 Å². The minimum absolute atomic E-state index is 0.0679. The molecule has 20 heteroatoms. The second-order valence-corrected chi connectivity index (χ2v) is 12.9. The fraction of sp³-hybridized carbons (Fsp3) is 0.440. The first-order chi connectivity index (χ1) is 21.1. The maximum atomic E-state index is 13.2. The van der Waals surface area contributed by atoms with Crippen molar-refractivity contribution in [1.29, 1.82) is 0 Å². The predicted octanol–water partition coefficient (Wildman–Crippen LogP) is -1.18. The lowest BCUT2D eigenvalue weighted by Gasteiger charge is -2.50. The number of hydroxylamine groups is 2. The number of carboxylic acids is 1. The molecule has 45 heavy (non-hydrogen) atoms. The maximum Gasteiger partial charge on any atom is 0.418 e. The molecule has 2 atom stereocenters. The number of ether oxygens (including phenoxy) is 1. The van der Waals surface area contributed by atoms with E-state index in [2.05, 4.69) is 29.7 Å². The van der Waals surface area contributed by atoms with E-state index < -0.39 is 58.2 Å². The van der Waals surface area contributed by atoms with Crippen LogP contribution in [0.3, 0.4) is 0 Å². The Hall–Kier alpha value is -4.37. The summed E-state index contributed by atoms with van der Waals surface area (Å²) >= 11 is 0.968. The number of carbonyl (C=O) groups is 3. The van der Waals surface area contributed by atoms with Gasteiger partial charge in [-0.05, 0) is 32.0 Å². The van der Waals surface area contributed by atoms with Gasteiger partial charge in [-0.1, -0.05) is 5.16 Å². The molecule has 18 nitrogen and oxygen atoms in total. The molecule has 2 fully saturated rings. The Balaban J connectivity index is 1.29. The molecule has 5 rings (SSSR count). The van der Waals surface area contributed by atoms with Crippen LogP contribution in [-0.2, 0) is 47.5 Å². The Kier molecular flexibility index (Phi) is 8.68. The molecule has 2 aromatic heterocycles. The third kappa shape index (κ3) is 6.83. The normalized spacial score (nSPS) is 19.1. The average molecular weight is 668 g/mol. The van der Waals surface area contributed by atoms with Crippen molar-refractivity contribution in [3.05, 3.63) is 35.5 Å². The summed E-state index contributed by atoms with van der Waals surface area (Å²) in [6, 6.07) is 4.05. The fourth-order valence-electron chi connectivity index (χ4n) is 4.81. The molecule has 3 aromatic rings. The van der Waals surface area contributed by atoms with Crippen molar-refractivity contribution < 1.29 is 51.0 Å². The first kappa shape index (κ1) is 32.0. The van der Waals surface area contributed by atoms with Crippen molar-refractivity contribution in [2.45, 2.75) is 38.1 Å². The second-order valence-electron chi connectivity index (χ2n) is 11.0. The number of nitrogens with two attached hydrogens (primary N) is 1. The maximum absolute atomic E-state index is 13.2. The van der Waals surface area contributed by atoms with E-state index in [0.717, 1.165) is 41.9 Å². The second kappa shape index (κ2) is 12.2. The number of hydrogen-bond donors (Lipinski definition) is 5. The van der Waals surface area contributed by atoms with E-state index >= 15 is 0 Å². The van der Waals surface area contributed by atoms with Gasteiger partial charge in [-0.15, -0.1) is 20.3 Å². The molecule has 0 aliphatic carbocycles. The van der Waals surface area contributed by atoms with E-state index in [1.54, 1.807) is 12.1 Å². The number of amides is 2. The standard InChI is InChI=1S/C25H30N8O10S2/c1-25(2)20(22(35)33(25)43-45(38,39)40)29-21(34)19(16-12-44-24(26)28-16)30-42-18(23(36)37)11-41-15-4-5-17-14(6-15)10-31(3)32(17)9-13-7-27-8-13/h4-6,10,12-13,18,20,27H,7-9,11H2,1-3H3,(H4-,26,28,29,34,36,37,38,39,40)/p+1/b30-19-/t18-,20+/m0/s1. The molecular weight excluding hydrogens is 636 g/mol. The number of aliphatic carboxylic acids is 1. The highest BCUT2D eigenvalue weighted by molar-refractivity contribution is 7.80. The lowest BCUT2D eigenvalue weighted by atomic mass is 9.84. The monoisotopic (exact) mass is 667 g/mol. The van der Waals surface area contributed by atoms with Gasteiger partial charge in [0, 0.05) is 24.4 Å². The number of aryl methyl sites for hydroxylation is 1. The molecule has 1 aromatic carbocycles. The molecule has 6 N–H and O–H groups in total. The van der Waals surface area contributed by atoms with E-state index in [1.165, 1.54) is 19.2 Å². The number of nitrogens with one attached hydrogen (secondary N) is 2. The van der Waals surface area contributed by atoms with Crippen LogP contribution in [0.5, 0.6) is 5.75 Å². The fourth-order valence-corrected chi connectivity index (χ4v) is 5.81. The summed E-state index contributed by atoms with van der Waals surface area (Å²) in [4.78, 5) is 46.9. The quantitative estimate of drug-likeness (QED) is 0.0475. The summed E-state index contributed by atoms with van der Waals surface area (Å²) in [5, 5.41) is 21.9. The first-order valence-corrected chi connectivity index (χ1v) is 15.7. The van der Waals surface area contributed by atoms with Crippen LogP contribution in [0, 0.1) is 5.92 Å². The summed E-state index contributed by atoms with van der Waals surface area (Å²) in [5.41, 5.74) is 4.69. The van der Waals surface area contributed by atoms with Gasteiger partial charge in [0.25, 0.3) is 17.9 Å². The van der Waals surface area contributed by atoms with Crippen LogP contribution in [-0.4, -0.2) is 93.7 Å². The zero-order valence-electron chi connectivity index (χ0n) is 24.2. The zero-order chi connectivity index (χ0) is 32.7. The van der Waals surface area contributed by atoms with Crippen molar-refractivity contribution in [2.75, 3.05) is 25.4 Å². The number of carbonyl (C=O) groups excluding carboxylic acids is 2. The molecule has 2 aliphatic heterocycles. The van der Waals surface area contributed by atoms with Crippen LogP contribution in [0.25, 0.3) is 10.9 Å². The first-order valence-electron chi connectivity index (χ1n) is 13.5. The summed E-state index contributed by atoms with van der Waals surface area (Å²) < 4.78 is 45.3. The summed E-state index contributed by atoms with van der Waals surface area (Å²) in [7, 11) is -3.07. The van der Waals surface area contributed by atoms with E-state index in [1.807, 2.05) is 24.0 Å². The van der Waals surface area contributed by atoms with Gasteiger partial charge in [-0.25, -0.2) is 9.78 Å². The number of β-lactam (4-membered cyclic amide) rings is 1. The number of nitrogen functional groups attached to an aromatic ring is 1. The number of rotatable bonds is 13. The molecule has 2 aliphatic rings. The molecule has 0 unspecified atom stereocenters. The van der Waals surface area contributed by atoms with Gasteiger partial charge >= 0.3 is 16.4 Å². The summed E-state index contributed by atoms with van der Waals surface area (Å²) in [5.74, 6) is -2.50. The van der Waals surface area contributed by atoms with E-state index in [-0.39, 0.29) is 10.8 Å². The van der Waals surface area contributed by atoms with E-state index in [4.69, 9.17) is 19.9 Å². The average Bonchev–Trinajstić information content (AvgIpc) is 3.50. The minimum Gasteiger partial charge on any atom is -0.489 e. The van der Waals surface area contributed by atoms with Crippen LogP contribution in [0.1, 0.15) is 19.5 Å². The van der Waals surface area contributed by atoms with Crippen LogP contribution < -0.4 is 25.8 Å². The van der Waals surface area contributed by atoms with Crippen molar-refractivity contribution in [3.63, 3.8) is 0 Å². The molecule has 242 valence electrons. The van der Waals surface area contributed by atoms with Gasteiger partial charge in [-0.3, -0.25) is 14.1 Å². The Labute approximate surface area is 260 Å². The van der Waals surface area contributed by atoms with Crippen molar-refractivity contribution in [2.24, 2.45) is 18.1 Å². The highest BCUT2D eigenvalue weighted by Crippen LogP contribution is 2.33. The third-order valence-electron chi connectivity index (χ3n) is 7.33. The zero-order valence-corrected chi connectivity index (χ0v) is 25.9. The van der Waals surface area contributed by atoms with Crippen LogP contribution in [0.2, 0.25) is 0 Å². The van der Waals surface area contributed by atoms with Gasteiger partial charge in [0.2, 0.25) is 6.20 Å². The molecule has 0 saturated carbocycles. The number of hydrogen-bond acceptors (Lipinski definition) is 13. The summed E-state index contributed by atoms with van der Waals surface area (Å²) in [6.07, 6.45) is 0.280. The molecule has 0 spiro atoms. The number of thiazole rings is 1. The Morgan fingerprint density at radius 3 is 2.67 bits per heavy atom. The van der Waals surface area contributed by atoms with Crippen LogP contribution >= 0.6 is 11.3 Å². The van der Waals surface area contributed by atoms with Crippen molar-refractivity contribution in [3.8, 4) is 5.75 Å². The molecule has 2 saturated heterocycles. The number of benzene rings is 1. The van der Waals surface area contributed by atoms with Gasteiger partial charge in [-0.2, -0.15) is 18.2 Å². The Bertz CT molecular complexity index is 1780. The van der Waals surface area contributed by atoms with Crippen molar-refractivity contribution in [1.82, 2.24) is 25.4 Å². The number of oxime groups is 1. The van der Waals surface area contributed by atoms with E-state index in [0.29, 0.717) is 16.7 Å². The number of carboxylic acid groups (broad SMARTS) is 1. The molecule has 0 radical (unpaired) electrons. The Morgan fingerprint density at radius 1 is 1.36 bits per heavy atom. The topological polar surface area (TPSA) is 241 Å². The molecule has 4 heterocycles. The number of fused-ring (bicyclic) bond motifs is 1. The number of anilines is 1. The minimum atomic E-state index is -5.01. The smallest absolute Gasteiger partial charge is 0.418 e. The predicted molar refractivity (Wildman–Crippen MR) is 156 cm³/mol. The molecule has 0 bridgehead atoms. The highest BCUT2D eigenvalue weighted by Gasteiger charge is 2.58.